The quantitative estimate of drug-likeness (QED) is 0.935. The number of hydrogen-bond donors (Lipinski definition) is 1. The van der Waals surface area contributed by atoms with Crippen LogP contribution in [0.15, 0.2) is 53.4 Å². The molecule has 3 rings (SSSR count). The third-order valence-electron chi connectivity index (χ3n) is 3.34. The van der Waals surface area contributed by atoms with Crippen LogP contribution in [-0.2, 0) is 22.0 Å². The van der Waals surface area contributed by atoms with E-state index in [1.54, 1.807) is 24.3 Å². The predicted molar refractivity (Wildman–Crippen MR) is 76.0 cm³/mol. The average molecular weight is 273 g/mol. The molecule has 1 heterocycles. The van der Waals surface area contributed by atoms with E-state index in [2.05, 4.69) is 5.32 Å². The van der Waals surface area contributed by atoms with Crippen LogP contribution in [-0.4, -0.2) is 15.0 Å². The van der Waals surface area contributed by atoms with Crippen LogP contribution < -0.4 is 5.32 Å². The topological polar surface area (TPSA) is 46.2 Å². The number of rotatable bonds is 3. The van der Waals surface area contributed by atoms with Crippen molar-refractivity contribution in [2.75, 3.05) is 11.9 Å². The fourth-order valence-electron chi connectivity index (χ4n) is 2.36. The molecule has 2 aromatic carbocycles. The van der Waals surface area contributed by atoms with Crippen molar-refractivity contribution in [2.24, 2.45) is 0 Å². The second kappa shape index (κ2) is 4.70. The summed E-state index contributed by atoms with van der Waals surface area (Å²) in [7, 11) is -3.26. The smallest absolute Gasteiger partial charge is 0.182 e. The Kier molecular flexibility index (Phi) is 3.03. The van der Waals surface area contributed by atoms with Gasteiger partial charge in [0.15, 0.2) is 9.84 Å². The van der Waals surface area contributed by atoms with Crippen molar-refractivity contribution in [2.45, 2.75) is 17.1 Å². The van der Waals surface area contributed by atoms with Gasteiger partial charge in [-0.2, -0.15) is 0 Å². The van der Waals surface area contributed by atoms with Crippen LogP contribution in [0, 0.1) is 0 Å². The summed E-state index contributed by atoms with van der Waals surface area (Å²) < 4.78 is 24.6. The molecule has 0 radical (unpaired) electrons. The van der Waals surface area contributed by atoms with Crippen molar-refractivity contribution in [3.8, 4) is 0 Å². The number of benzene rings is 2. The molecule has 0 atom stereocenters. The second-order valence-electron chi connectivity index (χ2n) is 4.74. The number of hydrogen-bond acceptors (Lipinski definition) is 3. The summed E-state index contributed by atoms with van der Waals surface area (Å²) in [6, 6.07) is 14.5. The maximum absolute atomic E-state index is 12.3. The van der Waals surface area contributed by atoms with E-state index in [-0.39, 0.29) is 5.75 Å². The van der Waals surface area contributed by atoms with E-state index in [9.17, 15) is 8.42 Å². The third-order valence-corrected chi connectivity index (χ3v) is 5.05. The molecular weight excluding hydrogens is 258 g/mol. The molecule has 3 nitrogen and oxygen atoms in total. The molecule has 1 N–H and O–H groups in total. The maximum Gasteiger partial charge on any atom is 0.182 e. The molecule has 0 fully saturated rings. The van der Waals surface area contributed by atoms with Crippen molar-refractivity contribution in [1.29, 1.82) is 0 Å². The van der Waals surface area contributed by atoms with E-state index in [4.69, 9.17) is 0 Å². The summed E-state index contributed by atoms with van der Waals surface area (Å²) in [4.78, 5) is 0.378. The van der Waals surface area contributed by atoms with Gasteiger partial charge < -0.3 is 5.32 Å². The zero-order valence-corrected chi connectivity index (χ0v) is 11.3. The monoisotopic (exact) mass is 273 g/mol. The Morgan fingerprint density at radius 3 is 2.63 bits per heavy atom. The highest BCUT2D eigenvalue weighted by molar-refractivity contribution is 7.90. The summed E-state index contributed by atoms with van der Waals surface area (Å²) in [5.41, 5.74) is 3.17. The predicted octanol–water partition coefficient (Wildman–Crippen LogP) is 2.63. The van der Waals surface area contributed by atoms with Crippen molar-refractivity contribution in [1.82, 2.24) is 0 Å². The molecule has 2 aromatic rings. The van der Waals surface area contributed by atoms with E-state index in [0.717, 1.165) is 24.2 Å². The highest BCUT2D eigenvalue weighted by Crippen LogP contribution is 2.25. The highest BCUT2D eigenvalue weighted by atomic mass is 32.2. The molecule has 19 heavy (non-hydrogen) atoms. The summed E-state index contributed by atoms with van der Waals surface area (Å²) in [5, 5.41) is 3.27. The van der Waals surface area contributed by atoms with E-state index >= 15 is 0 Å². The fraction of sp³-hybridized carbons (Fsp3) is 0.200. The first-order valence-corrected chi connectivity index (χ1v) is 7.94. The minimum Gasteiger partial charge on any atom is -0.384 e. The zero-order valence-electron chi connectivity index (χ0n) is 10.5. The molecular formula is C15H15NO2S. The zero-order chi connectivity index (χ0) is 13.3. The van der Waals surface area contributed by atoms with Gasteiger partial charge in [-0.15, -0.1) is 0 Å². The minimum atomic E-state index is -3.26. The molecule has 1 aliphatic heterocycles. The first-order valence-electron chi connectivity index (χ1n) is 6.29. The van der Waals surface area contributed by atoms with E-state index in [1.807, 2.05) is 24.3 Å². The molecule has 1 aliphatic rings. The first kappa shape index (κ1) is 12.2. The van der Waals surface area contributed by atoms with Gasteiger partial charge in [-0.25, -0.2) is 8.42 Å². The van der Waals surface area contributed by atoms with Gasteiger partial charge in [-0.05, 0) is 35.7 Å². The van der Waals surface area contributed by atoms with Gasteiger partial charge in [0.2, 0.25) is 0 Å². The second-order valence-corrected chi connectivity index (χ2v) is 6.73. The van der Waals surface area contributed by atoms with Gasteiger partial charge >= 0.3 is 0 Å². The third kappa shape index (κ3) is 2.49. The Bertz CT molecular complexity index is 693. The Morgan fingerprint density at radius 1 is 1.05 bits per heavy atom. The molecule has 0 amide bonds. The van der Waals surface area contributed by atoms with Crippen LogP contribution in [0.2, 0.25) is 0 Å². The molecule has 0 bridgehead atoms. The molecule has 0 saturated heterocycles. The Morgan fingerprint density at radius 2 is 1.84 bits per heavy atom. The average Bonchev–Trinajstić information content (AvgIpc) is 2.87. The van der Waals surface area contributed by atoms with Crippen molar-refractivity contribution in [3.63, 3.8) is 0 Å². The van der Waals surface area contributed by atoms with Gasteiger partial charge in [0.25, 0.3) is 0 Å². The van der Waals surface area contributed by atoms with Gasteiger partial charge in [0, 0.05) is 12.2 Å². The molecule has 4 heteroatoms. The lowest BCUT2D eigenvalue weighted by molar-refractivity contribution is 0.595. The highest BCUT2D eigenvalue weighted by Gasteiger charge is 2.17. The number of sulfone groups is 1. The summed E-state index contributed by atoms with van der Waals surface area (Å²) >= 11 is 0. The van der Waals surface area contributed by atoms with Crippen LogP contribution in [0.3, 0.4) is 0 Å². The van der Waals surface area contributed by atoms with Crippen LogP contribution in [0.1, 0.15) is 11.1 Å². The van der Waals surface area contributed by atoms with Crippen LogP contribution in [0.25, 0.3) is 0 Å². The lowest BCUT2D eigenvalue weighted by Crippen LogP contribution is -2.05. The molecule has 0 aromatic heterocycles. The fourth-order valence-corrected chi connectivity index (χ4v) is 3.72. The van der Waals surface area contributed by atoms with Crippen LogP contribution in [0.5, 0.6) is 0 Å². The van der Waals surface area contributed by atoms with Crippen molar-refractivity contribution >= 4 is 15.5 Å². The SMILES string of the molecule is O=S(=O)(Cc1ccc2c(c1)NCC2)c1ccccc1. The Labute approximate surface area is 113 Å². The van der Waals surface area contributed by atoms with Gasteiger partial charge in [-0.3, -0.25) is 0 Å². The van der Waals surface area contributed by atoms with E-state index < -0.39 is 9.84 Å². The van der Waals surface area contributed by atoms with E-state index in [0.29, 0.717) is 4.90 Å². The van der Waals surface area contributed by atoms with Crippen molar-refractivity contribution in [3.05, 3.63) is 59.7 Å². The number of nitrogens with one attached hydrogen (secondary N) is 1. The molecule has 98 valence electrons. The van der Waals surface area contributed by atoms with E-state index in [1.165, 1.54) is 5.56 Å². The molecule has 0 saturated carbocycles. The number of fused-ring (bicyclic) bond motifs is 1. The van der Waals surface area contributed by atoms with Gasteiger partial charge in [0.1, 0.15) is 0 Å². The van der Waals surface area contributed by atoms with Crippen molar-refractivity contribution < 1.29 is 8.42 Å². The lowest BCUT2D eigenvalue weighted by atomic mass is 10.1. The number of anilines is 1. The maximum atomic E-state index is 12.3. The first-order chi connectivity index (χ1) is 9.15. The summed E-state index contributed by atoms with van der Waals surface area (Å²) in [6.45, 7) is 0.935. The minimum absolute atomic E-state index is 0.0476. The van der Waals surface area contributed by atoms with Crippen LogP contribution in [0.4, 0.5) is 5.69 Å². The molecule has 0 aliphatic carbocycles. The molecule has 0 unspecified atom stereocenters. The van der Waals surface area contributed by atoms with Gasteiger partial charge in [-0.1, -0.05) is 30.3 Å². The molecule has 0 spiro atoms. The Hall–Kier alpha value is -1.81. The summed E-state index contributed by atoms with van der Waals surface area (Å²) in [6.07, 6.45) is 1.01. The summed E-state index contributed by atoms with van der Waals surface area (Å²) in [5.74, 6) is 0.0476. The normalized spacial score (nSPS) is 13.9. The van der Waals surface area contributed by atoms with Gasteiger partial charge in [0.05, 0.1) is 10.6 Å². The van der Waals surface area contributed by atoms with Crippen LogP contribution >= 0.6 is 0 Å². The lowest BCUT2D eigenvalue weighted by Gasteiger charge is -2.07. The standard InChI is InChI=1S/C15H15NO2S/c17-19(18,14-4-2-1-3-5-14)11-12-6-7-13-8-9-16-15(13)10-12/h1-7,10,16H,8-9,11H2. The Balaban J connectivity index is 1.89. The largest absolute Gasteiger partial charge is 0.384 e.